The second-order valence-corrected chi connectivity index (χ2v) is 5.96. The van der Waals surface area contributed by atoms with Gasteiger partial charge in [0.1, 0.15) is 16.8 Å². The third kappa shape index (κ3) is 3.63. The van der Waals surface area contributed by atoms with E-state index in [1.54, 1.807) is 12.1 Å². The minimum Gasteiger partial charge on any atom is -0.329 e. The van der Waals surface area contributed by atoms with Gasteiger partial charge in [0.15, 0.2) is 0 Å². The van der Waals surface area contributed by atoms with Crippen molar-refractivity contribution in [3.05, 3.63) is 41.4 Å². The standard InChI is InChI=1S/C16H19ClFN3/c17-15-11-21(10-7-12-5-8-19-9-6-12)16(20-15)13-1-3-14(18)4-2-13/h1-4,11-12,19H,5-10H2. The second kappa shape index (κ2) is 6.58. The zero-order chi connectivity index (χ0) is 14.7. The average Bonchev–Trinajstić information content (AvgIpc) is 2.88. The molecule has 1 aromatic carbocycles. The molecular formula is C16H19ClFN3. The van der Waals surface area contributed by atoms with Gasteiger partial charge in [0, 0.05) is 18.3 Å². The van der Waals surface area contributed by atoms with Crippen LogP contribution in [0.15, 0.2) is 30.5 Å². The molecule has 1 saturated heterocycles. The van der Waals surface area contributed by atoms with Crippen molar-refractivity contribution in [2.24, 2.45) is 5.92 Å². The van der Waals surface area contributed by atoms with Crippen molar-refractivity contribution in [3.8, 4) is 11.4 Å². The number of benzene rings is 1. The maximum Gasteiger partial charge on any atom is 0.147 e. The molecule has 1 N–H and O–H groups in total. The molecule has 0 amide bonds. The van der Waals surface area contributed by atoms with Crippen molar-refractivity contribution in [2.45, 2.75) is 25.8 Å². The number of hydrogen-bond donors (Lipinski definition) is 1. The lowest BCUT2D eigenvalue weighted by molar-refractivity contribution is 0.338. The van der Waals surface area contributed by atoms with Crippen molar-refractivity contribution in [3.63, 3.8) is 0 Å². The number of nitrogens with zero attached hydrogens (tertiary/aromatic N) is 2. The number of piperidine rings is 1. The number of nitrogens with one attached hydrogen (secondary N) is 1. The van der Waals surface area contributed by atoms with Crippen LogP contribution in [0.25, 0.3) is 11.4 Å². The third-order valence-electron chi connectivity index (χ3n) is 4.09. The highest BCUT2D eigenvalue weighted by molar-refractivity contribution is 6.29. The van der Waals surface area contributed by atoms with E-state index in [9.17, 15) is 4.39 Å². The molecule has 1 aromatic heterocycles. The summed E-state index contributed by atoms with van der Waals surface area (Å²) >= 11 is 6.05. The molecule has 0 aliphatic carbocycles. The number of hydrogen-bond acceptors (Lipinski definition) is 2. The van der Waals surface area contributed by atoms with Gasteiger partial charge in [-0.3, -0.25) is 0 Å². The SMILES string of the molecule is Fc1ccc(-c2nc(Cl)cn2CCC2CCNCC2)cc1. The van der Waals surface area contributed by atoms with Crippen LogP contribution in [0.5, 0.6) is 0 Å². The first-order valence-corrected chi connectivity index (χ1v) is 7.79. The Morgan fingerprint density at radius 2 is 1.95 bits per heavy atom. The van der Waals surface area contributed by atoms with Crippen LogP contribution < -0.4 is 5.32 Å². The molecule has 0 bridgehead atoms. The lowest BCUT2D eigenvalue weighted by Gasteiger charge is -2.22. The Morgan fingerprint density at radius 1 is 1.24 bits per heavy atom. The van der Waals surface area contributed by atoms with Crippen LogP contribution in [0, 0.1) is 11.7 Å². The summed E-state index contributed by atoms with van der Waals surface area (Å²) in [5.74, 6) is 1.33. The summed E-state index contributed by atoms with van der Waals surface area (Å²) in [5.41, 5.74) is 0.897. The van der Waals surface area contributed by atoms with Crippen molar-refractivity contribution in [1.82, 2.24) is 14.9 Å². The molecule has 2 heterocycles. The Kier molecular flexibility index (Phi) is 4.56. The highest BCUT2D eigenvalue weighted by atomic mass is 35.5. The fourth-order valence-electron chi connectivity index (χ4n) is 2.88. The molecule has 2 aromatic rings. The molecule has 0 atom stereocenters. The zero-order valence-electron chi connectivity index (χ0n) is 11.9. The van der Waals surface area contributed by atoms with Crippen LogP contribution >= 0.6 is 11.6 Å². The average molecular weight is 308 g/mol. The first-order chi connectivity index (χ1) is 10.2. The molecular weight excluding hydrogens is 289 g/mol. The summed E-state index contributed by atoms with van der Waals surface area (Å²) in [6, 6.07) is 6.40. The number of aryl methyl sites for hydroxylation is 1. The van der Waals surface area contributed by atoms with Gasteiger partial charge in [0.25, 0.3) is 0 Å². The highest BCUT2D eigenvalue weighted by Crippen LogP contribution is 2.24. The molecule has 5 heteroatoms. The molecule has 0 unspecified atom stereocenters. The molecule has 1 fully saturated rings. The molecule has 1 aliphatic heterocycles. The maximum atomic E-state index is 13.0. The lowest BCUT2D eigenvalue weighted by atomic mass is 9.95. The largest absolute Gasteiger partial charge is 0.329 e. The van der Waals surface area contributed by atoms with Gasteiger partial charge in [-0.05, 0) is 62.5 Å². The third-order valence-corrected chi connectivity index (χ3v) is 4.27. The van der Waals surface area contributed by atoms with Crippen LogP contribution in [-0.4, -0.2) is 22.6 Å². The topological polar surface area (TPSA) is 29.9 Å². The Bertz CT molecular complexity index is 588. The monoisotopic (exact) mass is 307 g/mol. The number of aromatic nitrogens is 2. The summed E-state index contributed by atoms with van der Waals surface area (Å²) in [6.45, 7) is 3.12. The van der Waals surface area contributed by atoms with Gasteiger partial charge >= 0.3 is 0 Å². The molecule has 0 radical (unpaired) electrons. The fourth-order valence-corrected chi connectivity index (χ4v) is 3.07. The van der Waals surface area contributed by atoms with Crippen molar-refractivity contribution >= 4 is 11.6 Å². The van der Waals surface area contributed by atoms with Gasteiger partial charge in [-0.1, -0.05) is 11.6 Å². The Hall–Kier alpha value is -1.39. The summed E-state index contributed by atoms with van der Waals surface area (Å²) in [5, 5.41) is 3.87. The minimum atomic E-state index is -0.238. The maximum absolute atomic E-state index is 13.0. The summed E-state index contributed by atoms with van der Waals surface area (Å²) in [6.07, 6.45) is 5.45. The van der Waals surface area contributed by atoms with Gasteiger partial charge in [0.2, 0.25) is 0 Å². The summed E-state index contributed by atoms with van der Waals surface area (Å²) in [7, 11) is 0. The van der Waals surface area contributed by atoms with E-state index in [4.69, 9.17) is 11.6 Å². The van der Waals surface area contributed by atoms with Gasteiger partial charge in [-0.15, -0.1) is 0 Å². The van der Waals surface area contributed by atoms with Crippen molar-refractivity contribution in [1.29, 1.82) is 0 Å². The number of halogens is 2. The fraction of sp³-hybridized carbons (Fsp3) is 0.438. The normalized spacial score (nSPS) is 16.3. The number of imidazole rings is 1. The Morgan fingerprint density at radius 3 is 2.67 bits per heavy atom. The molecule has 3 rings (SSSR count). The van der Waals surface area contributed by atoms with Crippen LogP contribution in [0.3, 0.4) is 0 Å². The number of rotatable bonds is 4. The van der Waals surface area contributed by atoms with E-state index < -0.39 is 0 Å². The van der Waals surface area contributed by atoms with E-state index in [-0.39, 0.29) is 5.82 Å². The van der Waals surface area contributed by atoms with Crippen LogP contribution in [0.1, 0.15) is 19.3 Å². The smallest absolute Gasteiger partial charge is 0.147 e. The zero-order valence-corrected chi connectivity index (χ0v) is 12.6. The van der Waals surface area contributed by atoms with Gasteiger partial charge in [0.05, 0.1) is 0 Å². The lowest BCUT2D eigenvalue weighted by Crippen LogP contribution is -2.28. The predicted octanol–water partition coefficient (Wildman–Crippen LogP) is 3.73. The van der Waals surface area contributed by atoms with E-state index in [0.29, 0.717) is 5.15 Å². The molecule has 3 nitrogen and oxygen atoms in total. The quantitative estimate of drug-likeness (QED) is 0.932. The predicted molar refractivity (Wildman–Crippen MR) is 82.8 cm³/mol. The van der Waals surface area contributed by atoms with Gasteiger partial charge in [-0.25, -0.2) is 9.37 Å². The first kappa shape index (κ1) is 14.5. The first-order valence-electron chi connectivity index (χ1n) is 7.42. The van der Waals surface area contributed by atoms with E-state index in [0.717, 1.165) is 43.4 Å². The Balaban J connectivity index is 1.74. The summed E-state index contributed by atoms with van der Waals surface area (Å²) in [4.78, 5) is 4.37. The van der Waals surface area contributed by atoms with Gasteiger partial charge in [-0.2, -0.15) is 0 Å². The van der Waals surface area contributed by atoms with Crippen LogP contribution in [0.2, 0.25) is 5.15 Å². The van der Waals surface area contributed by atoms with E-state index in [2.05, 4.69) is 14.9 Å². The van der Waals surface area contributed by atoms with Crippen LogP contribution in [-0.2, 0) is 6.54 Å². The second-order valence-electron chi connectivity index (χ2n) is 5.57. The molecule has 112 valence electrons. The van der Waals surface area contributed by atoms with E-state index in [1.165, 1.54) is 25.0 Å². The highest BCUT2D eigenvalue weighted by Gasteiger charge is 2.15. The Labute approximate surface area is 129 Å². The molecule has 0 spiro atoms. The minimum absolute atomic E-state index is 0.238. The molecule has 0 saturated carbocycles. The molecule has 21 heavy (non-hydrogen) atoms. The van der Waals surface area contributed by atoms with Crippen LogP contribution in [0.4, 0.5) is 4.39 Å². The molecule has 1 aliphatic rings. The van der Waals surface area contributed by atoms with Crippen molar-refractivity contribution in [2.75, 3.05) is 13.1 Å². The summed E-state index contributed by atoms with van der Waals surface area (Å²) < 4.78 is 15.1. The van der Waals surface area contributed by atoms with Crippen molar-refractivity contribution < 1.29 is 4.39 Å². The van der Waals surface area contributed by atoms with E-state index >= 15 is 0 Å². The van der Waals surface area contributed by atoms with E-state index in [1.807, 2.05) is 6.20 Å². The van der Waals surface area contributed by atoms with Gasteiger partial charge < -0.3 is 9.88 Å².